The Balaban J connectivity index is 1.54. The molecule has 0 aromatic heterocycles. The average molecular weight is 371 g/mol. The summed E-state index contributed by atoms with van der Waals surface area (Å²) in [6.45, 7) is 2.14. The normalized spacial score (nSPS) is 65.5. The number of halogens is 1. The minimum Gasteiger partial charge on any atom is -0.481 e. The molecule has 8 atom stereocenters. The summed E-state index contributed by atoms with van der Waals surface area (Å²) in [5.41, 5.74) is -0.885. The van der Waals surface area contributed by atoms with Gasteiger partial charge in [-0.15, -0.1) is 0 Å². The van der Waals surface area contributed by atoms with Crippen molar-refractivity contribution in [3.63, 3.8) is 0 Å². The molecule has 0 radical (unpaired) electrons. The second-order valence-corrected chi connectivity index (χ2v) is 9.14. The van der Waals surface area contributed by atoms with Crippen LogP contribution in [0.2, 0.25) is 0 Å². The quantitative estimate of drug-likeness (QED) is 0.675. The van der Waals surface area contributed by atoms with Crippen LogP contribution in [0.1, 0.15) is 0 Å². The SMILES string of the molecule is O=C(O)[C@@]12[C@H]3[C@H]4[C@@H]([C@@H]5[C@H]1[C@@H]3[C@]4(Br)C51OCCO1)C21OCCO1. The lowest BCUT2D eigenvalue weighted by atomic mass is 9.35. The van der Waals surface area contributed by atoms with Crippen molar-refractivity contribution in [1.82, 2.24) is 0 Å². The number of carbonyl (C=O) groups is 1. The van der Waals surface area contributed by atoms with E-state index in [4.69, 9.17) is 18.9 Å². The Morgan fingerprint density at radius 1 is 0.818 bits per heavy atom. The van der Waals surface area contributed by atoms with E-state index < -0.39 is 23.0 Å². The first kappa shape index (κ1) is 12.2. The van der Waals surface area contributed by atoms with Crippen LogP contribution in [0.25, 0.3) is 0 Å². The van der Waals surface area contributed by atoms with Crippen LogP contribution in [-0.4, -0.2) is 53.4 Å². The fourth-order valence-electron chi connectivity index (χ4n) is 8.27. The van der Waals surface area contributed by atoms with E-state index in [1.54, 1.807) is 0 Å². The number of hydrogen-bond donors (Lipinski definition) is 1. The van der Waals surface area contributed by atoms with Gasteiger partial charge in [0.1, 0.15) is 5.41 Å². The maximum Gasteiger partial charge on any atom is 0.315 e. The Hall–Kier alpha value is -0.210. The van der Waals surface area contributed by atoms with E-state index in [0.29, 0.717) is 32.3 Å². The van der Waals surface area contributed by atoms with Gasteiger partial charge in [-0.25, -0.2) is 0 Å². The Morgan fingerprint density at radius 3 is 1.86 bits per heavy atom. The maximum atomic E-state index is 12.4. The minimum atomic E-state index is -0.950. The zero-order chi connectivity index (χ0) is 14.7. The van der Waals surface area contributed by atoms with Crippen molar-refractivity contribution in [2.75, 3.05) is 26.4 Å². The van der Waals surface area contributed by atoms with Crippen LogP contribution in [0.4, 0.5) is 0 Å². The molecule has 7 heteroatoms. The topological polar surface area (TPSA) is 74.2 Å². The number of carboxylic acids is 1. The van der Waals surface area contributed by atoms with Gasteiger partial charge < -0.3 is 24.1 Å². The van der Waals surface area contributed by atoms with E-state index in [1.807, 2.05) is 0 Å². The van der Waals surface area contributed by atoms with Crippen LogP contribution in [0.15, 0.2) is 0 Å². The highest BCUT2D eigenvalue weighted by Gasteiger charge is 3.10. The van der Waals surface area contributed by atoms with Crippen molar-refractivity contribution in [1.29, 1.82) is 0 Å². The van der Waals surface area contributed by atoms with Crippen LogP contribution in [0.3, 0.4) is 0 Å². The maximum absolute atomic E-state index is 12.4. The highest BCUT2D eigenvalue weighted by Crippen LogP contribution is 3.01. The monoisotopic (exact) mass is 370 g/mol. The average Bonchev–Trinajstić information content (AvgIpc) is 3.23. The Kier molecular flexibility index (Phi) is 1.62. The number of hydrogen-bond acceptors (Lipinski definition) is 5. The van der Waals surface area contributed by atoms with Crippen LogP contribution < -0.4 is 0 Å². The zero-order valence-corrected chi connectivity index (χ0v) is 13.2. The summed E-state index contributed by atoms with van der Waals surface area (Å²) in [4.78, 5) is 12.4. The number of rotatable bonds is 1. The summed E-state index contributed by atoms with van der Waals surface area (Å²) < 4.78 is 24.2. The summed E-state index contributed by atoms with van der Waals surface area (Å²) in [5, 5.41) is 10.1. The first-order chi connectivity index (χ1) is 10.6. The van der Waals surface area contributed by atoms with Gasteiger partial charge >= 0.3 is 5.97 Å². The van der Waals surface area contributed by atoms with Gasteiger partial charge in [-0.1, -0.05) is 15.9 Å². The molecule has 0 unspecified atom stereocenters. The number of ether oxygens (including phenoxy) is 4. The van der Waals surface area contributed by atoms with E-state index in [9.17, 15) is 9.90 Å². The molecule has 8 fully saturated rings. The van der Waals surface area contributed by atoms with Gasteiger partial charge in [-0.2, -0.15) is 0 Å². The standard InChI is InChI=1S/C15H15BrO6/c16-13-7-5-8(13)10-9(15(13)21-3-4-22-15)6(7)12(5,11(17)18)14(10)19-1-2-20-14/h5-10H,1-4H2,(H,17,18)/t5-,6-,7-,8+,9+,10+,12-,13-/m1/s1. The van der Waals surface area contributed by atoms with E-state index in [2.05, 4.69) is 15.9 Å². The van der Waals surface area contributed by atoms with Crippen molar-refractivity contribution < 1.29 is 28.8 Å². The molecular weight excluding hydrogens is 356 g/mol. The molecule has 0 aromatic carbocycles. The third-order valence-corrected chi connectivity index (χ3v) is 9.73. The second-order valence-electron chi connectivity index (χ2n) is 7.83. The molecule has 0 amide bonds. The number of alkyl halides is 1. The molecule has 2 saturated heterocycles. The van der Waals surface area contributed by atoms with Crippen molar-refractivity contribution >= 4 is 21.9 Å². The number of carboxylic acid groups (broad SMARTS) is 1. The lowest BCUT2D eigenvalue weighted by Gasteiger charge is -2.70. The number of aliphatic carboxylic acids is 1. The van der Waals surface area contributed by atoms with Crippen molar-refractivity contribution in [3.8, 4) is 0 Å². The van der Waals surface area contributed by atoms with E-state index in [-0.39, 0.29) is 33.9 Å². The molecule has 2 spiro atoms. The molecule has 2 aliphatic heterocycles. The van der Waals surface area contributed by atoms with Crippen molar-refractivity contribution in [2.24, 2.45) is 40.9 Å². The third-order valence-electron chi connectivity index (χ3n) is 8.12. The van der Waals surface area contributed by atoms with Gasteiger partial charge in [-0.05, 0) is 23.7 Å². The molecular formula is C15H15BrO6. The highest BCUT2D eigenvalue weighted by atomic mass is 79.9. The lowest BCUT2D eigenvalue weighted by molar-refractivity contribution is -0.291. The van der Waals surface area contributed by atoms with Crippen LogP contribution in [0.5, 0.6) is 0 Å². The molecule has 118 valence electrons. The van der Waals surface area contributed by atoms with Gasteiger partial charge in [0.05, 0.1) is 30.8 Å². The molecule has 8 aliphatic rings. The summed E-state index contributed by atoms with van der Waals surface area (Å²) in [7, 11) is 0. The van der Waals surface area contributed by atoms with Crippen molar-refractivity contribution in [2.45, 2.75) is 15.9 Å². The molecule has 0 aromatic rings. The Morgan fingerprint density at radius 2 is 1.27 bits per heavy atom. The van der Waals surface area contributed by atoms with Crippen LogP contribution in [0, 0.1) is 40.9 Å². The largest absolute Gasteiger partial charge is 0.481 e. The Labute approximate surface area is 134 Å². The molecule has 2 heterocycles. The third kappa shape index (κ3) is 0.674. The van der Waals surface area contributed by atoms with Gasteiger partial charge in [0, 0.05) is 11.8 Å². The molecule has 4 bridgehead atoms. The minimum absolute atomic E-state index is 0.0422. The van der Waals surface area contributed by atoms with E-state index in [0.717, 1.165) is 0 Å². The fraction of sp³-hybridized carbons (Fsp3) is 0.933. The van der Waals surface area contributed by atoms with Gasteiger partial charge in [0.15, 0.2) is 11.6 Å². The van der Waals surface area contributed by atoms with Crippen LogP contribution in [-0.2, 0) is 23.7 Å². The van der Waals surface area contributed by atoms with E-state index >= 15 is 0 Å². The van der Waals surface area contributed by atoms with Crippen LogP contribution >= 0.6 is 15.9 Å². The molecule has 6 aliphatic carbocycles. The molecule has 6 saturated carbocycles. The molecule has 1 N–H and O–H groups in total. The first-order valence-corrected chi connectivity index (χ1v) is 8.86. The lowest BCUT2D eigenvalue weighted by Crippen LogP contribution is -2.77. The smallest absolute Gasteiger partial charge is 0.315 e. The molecule has 8 rings (SSSR count). The van der Waals surface area contributed by atoms with E-state index in [1.165, 1.54) is 0 Å². The highest BCUT2D eigenvalue weighted by molar-refractivity contribution is 9.10. The molecule has 22 heavy (non-hydrogen) atoms. The van der Waals surface area contributed by atoms with Gasteiger partial charge in [-0.3, -0.25) is 4.79 Å². The Bertz CT molecular complexity index is 654. The van der Waals surface area contributed by atoms with Crippen molar-refractivity contribution in [3.05, 3.63) is 0 Å². The predicted molar refractivity (Wildman–Crippen MR) is 71.9 cm³/mol. The van der Waals surface area contributed by atoms with Gasteiger partial charge in [0.2, 0.25) is 0 Å². The summed E-state index contributed by atoms with van der Waals surface area (Å²) in [6.07, 6.45) is 0. The predicted octanol–water partition coefficient (Wildman–Crippen LogP) is 0.442. The first-order valence-electron chi connectivity index (χ1n) is 8.07. The fourth-order valence-corrected chi connectivity index (χ4v) is 9.90. The van der Waals surface area contributed by atoms with Gasteiger partial charge in [0.25, 0.3) is 0 Å². The molecule has 6 nitrogen and oxygen atoms in total. The summed E-state index contributed by atoms with van der Waals surface area (Å²) in [6, 6.07) is 0. The summed E-state index contributed by atoms with van der Waals surface area (Å²) >= 11 is 3.97. The second kappa shape index (κ2) is 2.92. The zero-order valence-electron chi connectivity index (χ0n) is 11.7. The summed E-state index contributed by atoms with van der Waals surface area (Å²) in [5.74, 6) is -1.49.